The summed E-state index contributed by atoms with van der Waals surface area (Å²) in [5.74, 6) is 0.744. The summed E-state index contributed by atoms with van der Waals surface area (Å²) < 4.78 is 12.2. The van der Waals surface area contributed by atoms with Gasteiger partial charge in [0.2, 0.25) is 0 Å². The van der Waals surface area contributed by atoms with E-state index in [2.05, 4.69) is 59.5 Å². The molecule has 1 aromatic heterocycles. The van der Waals surface area contributed by atoms with Crippen LogP contribution in [0.2, 0.25) is 0 Å². The second-order valence-corrected chi connectivity index (χ2v) is 9.03. The summed E-state index contributed by atoms with van der Waals surface area (Å²) in [5.41, 5.74) is 6.61. The van der Waals surface area contributed by atoms with Crippen molar-refractivity contribution in [1.29, 1.82) is 0 Å². The van der Waals surface area contributed by atoms with Gasteiger partial charge in [-0.15, -0.1) is 0 Å². The Kier molecular flexibility index (Phi) is 5.54. The average Bonchev–Trinajstić information content (AvgIpc) is 3.26. The number of nitrogens with zero attached hydrogens (tertiary/aromatic N) is 1. The molecule has 0 radical (unpaired) electrons. The van der Waals surface area contributed by atoms with E-state index in [0.717, 1.165) is 58.3 Å². The molecule has 0 fully saturated rings. The lowest BCUT2D eigenvalue weighted by molar-refractivity contribution is 0.0638. The molecule has 0 saturated carbocycles. The summed E-state index contributed by atoms with van der Waals surface area (Å²) >= 11 is 0. The number of para-hydroxylation sites is 2. The Morgan fingerprint density at radius 2 is 1.65 bits per heavy atom. The Labute approximate surface area is 199 Å². The van der Waals surface area contributed by atoms with Crippen LogP contribution in [0.1, 0.15) is 11.1 Å². The van der Waals surface area contributed by atoms with E-state index in [1.54, 1.807) is 0 Å². The van der Waals surface area contributed by atoms with Gasteiger partial charge in [0.1, 0.15) is 29.6 Å². The first-order chi connectivity index (χ1) is 16.7. The predicted octanol–water partition coefficient (Wildman–Crippen LogP) is 6.05. The fourth-order valence-electron chi connectivity index (χ4n) is 4.98. The van der Waals surface area contributed by atoms with E-state index >= 15 is 0 Å². The van der Waals surface area contributed by atoms with Gasteiger partial charge in [0.15, 0.2) is 0 Å². The van der Waals surface area contributed by atoms with E-state index < -0.39 is 6.10 Å². The van der Waals surface area contributed by atoms with Crippen molar-refractivity contribution in [2.24, 2.45) is 0 Å². The Hall–Kier alpha value is -3.60. The largest absolute Gasteiger partial charge is 0.491 e. The van der Waals surface area contributed by atoms with Crippen LogP contribution in [0.25, 0.3) is 33.1 Å². The van der Waals surface area contributed by atoms with E-state index in [4.69, 9.17) is 9.15 Å². The molecule has 5 aromatic rings. The molecule has 0 spiro atoms. The van der Waals surface area contributed by atoms with Gasteiger partial charge < -0.3 is 14.3 Å². The smallest absolute Gasteiger partial charge is 0.143 e. The highest BCUT2D eigenvalue weighted by molar-refractivity contribution is 6.09. The number of hydrogen-bond donors (Lipinski definition) is 1. The van der Waals surface area contributed by atoms with Gasteiger partial charge in [0, 0.05) is 36.0 Å². The summed E-state index contributed by atoms with van der Waals surface area (Å²) in [6, 6.07) is 30.9. The normalized spacial score (nSPS) is 14.9. The number of aliphatic hydroxyl groups excluding tert-OH is 1. The zero-order chi connectivity index (χ0) is 22.9. The van der Waals surface area contributed by atoms with Crippen LogP contribution in [0.5, 0.6) is 5.75 Å². The Balaban J connectivity index is 1.16. The SMILES string of the molecule is OC(COc1cccc(-c2cccc3c2oc2ccccc23)c1)CN1CCc2ccccc2C1. The quantitative estimate of drug-likeness (QED) is 0.343. The van der Waals surface area contributed by atoms with Crippen LogP contribution in [-0.4, -0.2) is 35.8 Å². The Bertz CT molecular complexity index is 1450. The number of aliphatic hydroxyl groups is 1. The van der Waals surface area contributed by atoms with Crippen molar-refractivity contribution >= 4 is 21.9 Å². The molecule has 0 aliphatic carbocycles. The molecule has 6 rings (SSSR count). The van der Waals surface area contributed by atoms with Crippen molar-refractivity contribution in [1.82, 2.24) is 4.90 Å². The fraction of sp³-hybridized carbons (Fsp3) is 0.200. The van der Waals surface area contributed by atoms with Gasteiger partial charge >= 0.3 is 0 Å². The van der Waals surface area contributed by atoms with Crippen LogP contribution < -0.4 is 4.74 Å². The summed E-state index contributed by atoms with van der Waals surface area (Å²) in [5, 5.41) is 12.9. The summed E-state index contributed by atoms with van der Waals surface area (Å²) in [4.78, 5) is 2.30. The van der Waals surface area contributed by atoms with Crippen molar-refractivity contribution in [3.63, 3.8) is 0 Å². The van der Waals surface area contributed by atoms with Gasteiger partial charge in [-0.05, 0) is 41.3 Å². The molecular weight excluding hydrogens is 422 g/mol. The number of furan rings is 1. The maximum atomic E-state index is 10.6. The average molecular weight is 450 g/mol. The second-order valence-electron chi connectivity index (χ2n) is 9.03. The molecule has 1 aliphatic rings. The third kappa shape index (κ3) is 4.07. The number of ether oxygens (including phenoxy) is 1. The highest BCUT2D eigenvalue weighted by atomic mass is 16.5. The summed E-state index contributed by atoms with van der Waals surface area (Å²) in [6.45, 7) is 2.71. The van der Waals surface area contributed by atoms with Crippen LogP contribution in [0.3, 0.4) is 0 Å². The van der Waals surface area contributed by atoms with E-state index in [1.807, 2.05) is 36.4 Å². The summed E-state index contributed by atoms with van der Waals surface area (Å²) in [7, 11) is 0. The predicted molar refractivity (Wildman–Crippen MR) is 136 cm³/mol. The van der Waals surface area contributed by atoms with Crippen LogP contribution in [-0.2, 0) is 13.0 Å². The van der Waals surface area contributed by atoms with Gasteiger partial charge in [-0.25, -0.2) is 0 Å². The number of hydrogen-bond acceptors (Lipinski definition) is 4. The highest BCUT2D eigenvalue weighted by Gasteiger charge is 2.19. The van der Waals surface area contributed by atoms with E-state index in [0.29, 0.717) is 6.54 Å². The molecule has 0 saturated heterocycles. The van der Waals surface area contributed by atoms with Gasteiger partial charge in [0.25, 0.3) is 0 Å². The molecular formula is C30H27NO3. The molecule has 0 bridgehead atoms. The van der Waals surface area contributed by atoms with Gasteiger partial charge in [-0.1, -0.05) is 72.8 Å². The van der Waals surface area contributed by atoms with Crippen molar-refractivity contribution in [2.45, 2.75) is 19.1 Å². The number of β-amino-alcohol motifs (C(OH)–C–C–N with tert-alkyl or cyclic N) is 1. The van der Waals surface area contributed by atoms with E-state index in [9.17, 15) is 5.11 Å². The monoisotopic (exact) mass is 449 g/mol. The highest BCUT2D eigenvalue weighted by Crippen LogP contribution is 2.36. The Morgan fingerprint density at radius 1 is 0.853 bits per heavy atom. The maximum absolute atomic E-state index is 10.6. The van der Waals surface area contributed by atoms with Gasteiger partial charge in [0.05, 0.1) is 0 Å². The molecule has 2 heterocycles. The molecule has 4 aromatic carbocycles. The minimum absolute atomic E-state index is 0.260. The molecule has 34 heavy (non-hydrogen) atoms. The zero-order valence-corrected chi connectivity index (χ0v) is 19.0. The number of rotatable bonds is 6. The first-order valence-corrected chi connectivity index (χ1v) is 11.9. The van der Waals surface area contributed by atoms with Crippen molar-refractivity contribution in [3.05, 3.63) is 102 Å². The third-order valence-electron chi connectivity index (χ3n) is 6.67. The van der Waals surface area contributed by atoms with Crippen LogP contribution >= 0.6 is 0 Å². The first-order valence-electron chi connectivity index (χ1n) is 11.9. The van der Waals surface area contributed by atoms with Crippen molar-refractivity contribution in [2.75, 3.05) is 19.7 Å². The molecule has 1 N–H and O–H groups in total. The fourth-order valence-corrected chi connectivity index (χ4v) is 4.98. The lowest BCUT2D eigenvalue weighted by atomic mass is 10.00. The van der Waals surface area contributed by atoms with Crippen LogP contribution in [0.4, 0.5) is 0 Å². The number of fused-ring (bicyclic) bond motifs is 4. The lowest BCUT2D eigenvalue weighted by Crippen LogP contribution is -2.38. The number of benzene rings is 4. The minimum atomic E-state index is -0.548. The molecule has 0 amide bonds. The van der Waals surface area contributed by atoms with Gasteiger partial charge in [-0.3, -0.25) is 4.90 Å². The van der Waals surface area contributed by atoms with Crippen LogP contribution in [0.15, 0.2) is 95.4 Å². The van der Waals surface area contributed by atoms with Crippen molar-refractivity contribution in [3.8, 4) is 16.9 Å². The topological polar surface area (TPSA) is 45.8 Å². The standard InChI is InChI=1S/C30H27NO3/c32-24(19-31-16-15-21-7-1-2-8-23(21)18-31)20-33-25-10-5-9-22(17-25)26-12-6-13-28-27-11-3-4-14-29(27)34-30(26)28/h1-14,17,24,32H,15-16,18-20H2. The molecule has 1 unspecified atom stereocenters. The molecule has 4 nitrogen and oxygen atoms in total. The van der Waals surface area contributed by atoms with Crippen molar-refractivity contribution < 1.29 is 14.3 Å². The second kappa shape index (κ2) is 8.98. The van der Waals surface area contributed by atoms with Crippen LogP contribution in [0, 0.1) is 0 Å². The van der Waals surface area contributed by atoms with Gasteiger partial charge in [-0.2, -0.15) is 0 Å². The molecule has 1 atom stereocenters. The van der Waals surface area contributed by atoms with E-state index in [1.165, 1.54) is 11.1 Å². The van der Waals surface area contributed by atoms with E-state index in [-0.39, 0.29) is 6.61 Å². The molecule has 4 heteroatoms. The first kappa shape index (κ1) is 21.0. The maximum Gasteiger partial charge on any atom is 0.143 e. The summed E-state index contributed by atoms with van der Waals surface area (Å²) in [6.07, 6.45) is 0.479. The lowest BCUT2D eigenvalue weighted by Gasteiger charge is -2.30. The molecule has 170 valence electrons. The zero-order valence-electron chi connectivity index (χ0n) is 19.0. The third-order valence-corrected chi connectivity index (χ3v) is 6.67. The molecule has 1 aliphatic heterocycles. The minimum Gasteiger partial charge on any atom is -0.491 e. The Morgan fingerprint density at radius 3 is 2.59 bits per heavy atom.